The van der Waals surface area contributed by atoms with Crippen LogP contribution in [0.4, 0.5) is 16.3 Å². The quantitative estimate of drug-likeness (QED) is 0.808. The first-order valence-electron chi connectivity index (χ1n) is 10.1. The highest BCUT2D eigenvalue weighted by Gasteiger charge is 2.25. The van der Waals surface area contributed by atoms with Crippen LogP contribution in [-0.2, 0) is 4.74 Å². The Labute approximate surface area is 171 Å². The van der Waals surface area contributed by atoms with Crippen LogP contribution in [0.5, 0.6) is 0 Å². The zero-order chi connectivity index (χ0) is 20.6. The normalized spacial score (nSPS) is 14.3. The molecule has 0 unspecified atom stereocenters. The molecule has 0 atom stereocenters. The topological polar surface area (TPSA) is 74.8 Å². The summed E-state index contributed by atoms with van der Waals surface area (Å²) < 4.78 is 5.04. The number of anilines is 2. The lowest BCUT2D eigenvalue weighted by Crippen LogP contribution is -2.46. The van der Waals surface area contributed by atoms with Crippen LogP contribution in [0.15, 0.2) is 48.7 Å². The van der Waals surface area contributed by atoms with Gasteiger partial charge in [-0.15, -0.1) is 0 Å². The highest BCUT2D eigenvalue weighted by Crippen LogP contribution is 2.23. The van der Waals surface area contributed by atoms with Crippen LogP contribution in [0, 0.1) is 0 Å². The fourth-order valence-corrected chi connectivity index (χ4v) is 3.48. The molecule has 0 aliphatic carbocycles. The van der Waals surface area contributed by atoms with Crippen molar-refractivity contribution in [1.82, 2.24) is 15.2 Å². The molecule has 0 spiro atoms. The number of likely N-dealkylation sites (tertiary alicyclic amines) is 1. The monoisotopic (exact) mass is 396 g/mol. The Kier molecular flexibility index (Phi) is 7.05. The van der Waals surface area contributed by atoms with E-state index in [4.69, 9.17) is 4.74 Å². The SMILES string of the molecule is CCOC(=O)N1CCC(NC(=O)c2ccnc(N(CC)c3ccccc3)c2)CC1. The largest absolute Gasteiger partial charge is 0.450 e. The fourth-order valence-electron chi connectivity index (χ4n) is 3.48. The van der Waals surface area contributed by atoms with Gasteiger partial charge in [0.05, 0.1) is 6.61 Å². The number of hydrogen-bond acceptors (Lipinski definition) is 5. The van der Waals surface area contributed by atoms with Gasteiger partial charge in [0.25, 0.3) is 5.91 Å². The predicted molar refractivity (Wildman–Crippen MR) is 112 cm³/mol. The molecule has 0 bridgehead atoms. The molecule has 1 aliphatic heterocycles. The van der Waals surface area contributed by atoms with Crippen LogP contribution in [0.1, 0.15) is 37.0 Å². The number of ether oxygens (including phenoxy) is 1. The molecule has 1 aromatic carbocycles. The number of rotatable bonds is 6. The Bertz CT molecular complexity index is 820. The third-order valence-electron chi connectivity index (χ3n) is 5.02. The summed E-state index contributed by atoms with van der Waals surface area (Å²) in [5.74, 6) is 0.621. The maximum Gasteiger partial charge on any atom is 0.409 e. The van der Waals surface area contributed by atoms with Gasteiger partial charge in [-0.25, -0.2) is 9.78 Å². The highest BCUT2D eigenvalue weighted by atomic mass is 16.6. The molecular formula is C22H28N4O3. The molecular weight excluding hydrogens is 368 g/mol. The number of nitrogens with one attached hydrogen (secondary N) is 1. The van der Waals surface area contributed by atoms with Crippen molar-refractivity contribution >= 4 is 23.5 Å². The lowest BCUT2D eigenvalue weighted by Gasteiger charge is -2.31. The molecule has 7 nitrogen and oxygen atoms in total. The first-order chi connectivity index (χ1) is 14.1. The maximum atomic E-state index is 12.8. The minimum Gasteiger partial charge on any atom is -0.450 e. The van der Waals surface area contributed by atoms with Gasteiger partial charge in [0.1, 0.15) is 5.82 Å². The summed E-state index contributed by atoms with van der Waals surface area (Å²) in [5, 5.41) is 3.09. The van der Waals surface area contributed by atoms with Gasteiger partial charge >= 0.3 is 6.09 Å². The fraction of sp³-hybridized carbons (Fsp3) is 0.409. The molecule has 1 fully saturated rings. The average Bonchev–Trinajstić information content (AvgIpc) is 2.76. The second kappa shape index (κ2) is 9.91. The lowest BCUT2D eigenvalue weighted by molar-refractivity contribution is 0.0860. The maximum absolute atomic E-state index is 12.8. The van der Waals surface area contributed by atoms with Crippen LogP contribution >= 0.6 is 0 Å². The van der Waals surface area contributed by atoms with Crippen molar-refractivity contribution in [2.24, 2.45) is 0 Å². The number of carbonyl (C=O) groups is 2. The third kappa shape index (κ3) is 5.25. The van der Waals surface area contributed by atoms with Crippen LogP contribution in [0.2, 0.25) is 0 Å². The second-order valence-corrected chi connectivity index (χ2v) is 6.92. The third-order valence-corrected chi connectivity index (χ3v) is 5.02. The van der Waals surface area contributed by atoms with E-state index in [-0.39, 0.29) is 18.0 Å². The second-order valence-electron chi connectivity index (χ2n) is 6.92. The Morgan fingerprint density at radius 3 is 2.55 bits per heavy atom. The van der Waals surface area contributed by atoms with E-state index in [0.29, 0.717) is 38.1 Å². The first kappa shape index (κ1) is 20.6. The van der Waals surface area contributed by atoms with E-state index in [1.165, 1.54) is 0 Å². The Balaban J connectivity index is 1.62. The van der Waals surface area contributed by atoms with E-state index in [9.17, 15) is 9.59 Å². The average molecular weight is 396 g/mol. The van der Waals surface area contributed by atoms with Gasteiger partial charge < -0.3 is 19.9 Å². The van der Waals surface area contributed by atoms with Gasteiger partial charge in [-0.3, -0.25) is 4.79 Å². The summed E-state index contributed by atoms with van der Waals surface area (Å²) in [6, 6.07) is 13.6. The minimum absolute atomic E-state index is 0.0428. The summed E-state index contributed by atoms with van der Waals surface area (Å²) in [6.45, 7) is 6.14. The molecule has 7 heteroatoms. The van der Waals surface area contributed by atoms with Gasteiger partial charge in [-0.2, -0.15) is 0 Å². The smallest absolute Gasteiger partial charge is 0.409 e. The number of amides is 2. The van der Waals surface area contributed by atoms with Gasteiger partial charge in [0, 0.05) is 43.1 Å². The van der Waals surface area contributed by atoms with Crippen LogP contribution in [0.3, 0.4) is 0 Å². The van der Waals surface area contributed by atoms with E-state index < -0.39 is 0 Å². The molecule has 1 aliphatic rings. The van der Waals surface area contributed by atoms with Gasteiger partial charge in [0.15, 0.2) is 0 Å². The summed E-state index contributed by atoms with van der Waals surface area (Å²) >= 11 is 0. The Morgan fingerprint density at radius 2 is 1.90 bits per heavy atom. The van der Waals surface area contributed by atoms with Crippen molar-refractivity contribution in [3.05, 3.63) is 54.2 Å². The van der Waals surface area contributed by atoms with Crippen molar-refractivity contribution in [2.75, 3.05) is 31.1 Å². The molecule has 154 valence electrons. The lowest BCUT2D eigenvalue weighted by atomic mass is 10.0. The molecule has 3 rings (SSSR count). The number of aromatic nitrogens is 1. The summed E-state index contributed by atoms with van der Waals surface area (Å²) in [4.78, 5) is 32.8. The minimum atomic E-state index is -0.281. The highest BCUT2D eigenvalue weighted by molar-refractivity contribution is 5.95. The molecule has 2 aromatic rings. The number of hydrogen-bond donors (Lipinski definition) is 1. The number of piperidine rings is 1. The number of pyridine rings is 1. The van der Waals surface area contributed by atoms with Crippen molar-refractivity contribution in [1.29, 1.82) is 0 Å². The van der Waals surface area contributed by atoms with Crippen molar-refractivity contribution < 1.29 is 14.3 Å². The molecule has 1 aromatic heterocycles. The van der Waals surface area contributed by atoms with Gasteiger partial charge in [-0.05, 0) is 51.0 Å². The number of nitrogens with zero attached hydrogens (tertiary/aromatic N) is 3. The van der Waals surface area contributed by atoms with Crippen molar-refractivity contribution in [3.63, 3.8) is 0 Å². The van der Waals surface area contributed by atoms with E-state index in [0.717, 1.165) is 18.1 Å². The molecule has 1 saturated heterocycles. The van der Waals surface area contributed by atoms with E-state index in [1.54, 1.807) is 24.1 Å². The first-order valence-corrected chi connectivity index (χ1v) is 10.1. The van der Waals surface area contributed by atoms with Crippen molar-refractivity contribution in [2.45, 2.75) is 32.7 Å². The van der Waals surface area contributed by atoms with Gasteiger partial charge in [-0.1, -0.05) is 18.2 Å². The summed E-state index contributed by atoms with van der Waals surface area (Å²) in [5.41, 5.74) is 1.61. The zero-order valence-corrected chi connectivity index (χ0v) is 17.0. The molecule has 2 amide bonds. The summed E-state index contributed by atoms with van der Waals surface area (Å²) in [6.07, 6.45) is 2.82. The number of para-hydroxylation sites is 1. The Hall–Kier alpha value is -3.09. The zero-order valence-electron chi connectivity index (χ0n) is 17.0. The van der Waals surface area contributed by atoms with Crippen molar-refractivity contribution in [3.8, 4) is 0 Å². The molecule has 0 radical (unpaired) electrons. The molecule has 2 heterocycles. The van der Waals surface area contributed by atoms with E-state index >= 15 is 0 Å². The molecule has 29 heavy (non-hydrogen) atoms. The predicted octanol–water partition coefficient (Wildman–Crippen LogP) is 3.59. The van der Waals surface area contributed by atoms with E-state index in [1.807, 2.05) is 36.4 Å². The number of carbonyl (C=O) groups excluding carboxylic acids is 2. The Morgan fingerprint density at radius 1 is 1.17 bits per heavy atom. The summed E-state index contributed by atoms with van der Waals surface area (Å²) in [7, 11) is 0. The van der Waals surface area contributed by atoms with E-state index in [2.05, 4.69) is 22.1 Å². The number of benzene rings is 1. The van der Waals surface area contributed by atoms with Crippen LogP contribution in [0.25, 0.3) is 0 Å². The standard InChI is InChI=1S/C22H28N4O3/c1-3-26(19-8-6-5-7-9-19)20-16-17(10-13-23-20)21(27)24-18-11-14-25(15-12-18)22(28)29-4-2/h5-10,13,16,18H,3-4,11-12,14-15H2,1-2H3,(H,24,27). The molecule has 0 saturated carbocycles. The van der Waals surface area contributed by atoms with Crippen LogP contribution in [-0.4, -0.2) is 54.2 Å². The van der Waals surface area contributed by atoms with Crippen LogP contribution < -0.4 is 10.2 Å². The van der Waals surface area contributed by atoms with Gasteiger partial charge in [0.2, 0.25) is 0 Å². The molecule has 1 N–H and O–H groups in total.